The van der Waals surface area contributed by atoms with Crippen LogP contribution in [0.4, 0.5) is 13.2 Å². The van der Waals surface area contributed by atoms with E-state index in [1.165, 1.54) is 56.6 Å². The van der Waals surface area contributed by atoms with Crippen molar-refractivity contribution < 1.29 is 22.6 Å². The van der Waals surface area contributed by atoms with Gasteiger partial charge in [-0.05, 0) is 73.9 Å². The second-order valence-corrected chi connectivity index (χ2v) is 8.22. The first-order chi connectivity index (χ1) is 15.0. The molecule has 1 fully saturated rings. The van der Waals surface area contributed by atoms with Crippen LogP contribution in [0.15, 0.2) is 48.5 Å². The number of aryl methyl sites for hydroxylation is 1. The minimum absolute atomic E-state index is 0.194. The molecule has 0 aliphatic carbocycles. The minimum atomic E-state index is -4.68. The number of unbranched alkanes of at least 4 members (excludes halogenated alkanes) is 3. The first-order valence-corrected chi connectivity index (χ1v) is 11.2. The van der Waals surface area contributed by atoms with Crippen LogP contribution in [0.2, 0.25) is 0 Å². The maximum absolute atomic E-state index is 12.5. The molecule has 0 saturated carbocycles. The Morgan fingerprint density at radius 2 is 1.77 bits per heavy atom. The van der Waals surface area contributed by atoms with E-state index in [2.05, 4.69) is 40.4 Å². The van der Waals surface area contributed by atoms with E-state index in [9.17, 15) is 13.2 Å². The van der Waals surface area contributed by atoms with Crippen molar-refractivity contribution >= 4 is 0 Å². The molecule has 1 N–H and O–H groups in total. The number of hydrogen-bond acceptors (Lipinski definition) is 3. The van der Waals surface area contributed by atoms with Gasteiger partial charge in [-0.25, -0.2) is 0 Å². The number of ether oxygens (including phenoxy) is 2. The summed E-state index contributed by atoms with van der Waals surface area (Å²) in [6.07, 6.45) is 3.93. The summed E-state index contributed by atoms with van der Waals surface area (Å²) >= 11 is 0. The molecule has 3 rings (SSSR count). The van der Waals surface area contributed by atoms with Crippen LogP contribution in [0.1, 0.15) is 62.1 Å². The van der Waals surface area contributed by atoms with Crippen molar-refractivity contribution in [2.24, 2.45) is 5.92 Å². The topological polar surface area (TPSA) is 30.5 Å². The molecule has 2 unspecified atom stereocenters. The highest BCUT2D eigenvalue weighted by atomic mass is 19.4. The molecule has 0 spiro atoms. The number of halogens is 3. The van der Waals surface area contributed by atoms with Crippen molar-refractivity contribution in [3.8, 4) is 11.5 Å². The van der Waals surface area contributed by atoms with E-state index in [-0.39, 0.29) is 5.75 Å². The maximum atomic E-state index is 12.5. The molecule has 31 heavy (non-hydrogen) atoms. The number of piperidine rings is 1. The molecule has 1 aliphatic rings. The van der Waals surface area contributed by atoms with Gasteiger partial charge in [-0.1, -0.05) is 49.6 Å². The molecular formula is C25H32F3NO2. The number of methoxy groups -OCH3 is 1. The van der Waals surface area contributed by atoms with Crippen LogP contribution in [0.25, 0.3) is 0 Å². The fourth-order valence-corrected chi connectivity index (χ4v) is 4.54. The molecule has 1 aliphatic heterocycles. The average Bonchev–Trinajstić information content (AvgIpc) is 2.76. The van der Waals surface area contributed by atoms with Gasteiger partial charge in [0.25, 0.3) is 0 Å². The Labute approximate surface area is 183 Å². The van der Waals surface area contributed by atoms with Crippen molar-refractivity contribution in [3.63, 3.8) is 0 Å². The lowest BCUT2D eigenvalue weighted by atomic mass is 9.83. The molecular weight excluding hydrogens is 403 g/mol. The Morgan fingerprint density at radius 1 is 1.00 bits per heavy atom. The van der Waals surface area contributed by atoms with E-state index in [0.717, 1.165) is 31.4 Å². The highest BCUT2D eigenvalue weighted by Crippen LogP contribution is 2.33. The Morgan fingerprint density at radius 3 is 2.52 bits per heavy atom. The second-order valence-electron chi connectivity index (χ2n) is 8.22. The van der Waals surface area contributed by atoms with E-state index >= 15 is 0 Å². The standard InChI is InChI=1S/C25H32F3NO2/c1-30-23-16-15-22(31-25(26,27)28)18-21(23)13-6-3-2-5-10-20-14-9-17-29-24(20)19-11-7-4-8-12-19/h4,7-8,11-12,15-16,18,20,24,29H,2-3,5-6,9-10,13-14,17H2,1H3. The van der Waals surface area contributed by atoms with Crippen LogP contribution in [0, 0.1) is 5.92 Å². The Balaban J connectivity index is 1.43. The first kappa shape index (κ1) is 23.5. The summed E-state index contributed by atoms with van der Waals surface area (Å²) in [6.45, 7) is 1.08. The lowest BCUT2D eigenvalue weighted by Gasteiger charge is -2.33. The first-order valence-electron chi connectivity index (χ1n) is 11.2. The van der Waals surface area contributed by atoms with Gasteiger partial charge in [0, 0.05) is 6.04 Å². The highest BCUT2D eigenvalue weighted by molar-refractivity contribution is 5.40. The molecule has 0 aromatic heterocycles. The predicted octanol–water partition coefficient (Wildman–Crippen LogP) is 6.83. The molecule has 2 aromatic carbocycles. The van der Waals surface area contributed by atoms with Crippen molar-refractivity contribution in [2.75, 3.05) is 13.7 Å². The van der Waals surface area contributed by atoms with Crippen molar-refractivity contribution in [3.05, 3.63) is 59.7 Å². The molecule has 1 saturated heterocycles. The summed E-state index contributed by atoms with van der Waals surface area (Å²) in [5.74, 6) is 1.07. The summed E-state index contributed by atoms with van der Waals surface area (Å²) in [7, 11) is 1.53. The smallest absolute Gasteiger partial charge is 0.496 e. The van der Waals surface area contributed by atoms with Gasteiger partial charge in [0.05, 0.1) is 7.11 Å². The zero-order valence-electron chi connectivity index (χ0n) is 18.1. The number of hydrogen-bond donors (Lipinski definition) is 1. The van der Waals surface area contributed by atoms with Crippen LogP contribution >= 0.6 is 0 Å². The fraction of sp³-hybridized carbons (Fsp3) is 0.520. The monoisotopic (exact) mass is 435 g/mol. The van der Waals surface area contributed by atoms with E-state index in [1.807, 2.05) is 0 Å². The largest absolute Gasteiger partial charge is 0.573 e. The Hall–Kier alpha value is -2.21. The van der Waals surface area contributed by atoms with Gasteiger partial charge in [0.15, 0.2) is 0 Å². The summed E-state index contributed by atoms with van der Waals surface area (Å²) < 4.78 is 46.8. The predicted molar refractivity (Wildman–Crippen MR) is 116 cm³/mol. The van der Waals surface area contributed by atoms with E-state index < -0.39 is 6.36 Å². The lowest BCUT2D eigenvalue weighted by Crippen LogP contribution is -2.34. The van der Waals surface area contributed by atoms with Crippen molar-refractivity contribution in [1.82, 2.24) is 5.32 Å². The minimum Gasteiger partial charge on any atom is -0.496 e. The quantitative estimate of drug-likeness (QED) is 0.415. The number of rotatable bonds is 10. The fourth-order valence-electron chi connectivity index (χ4n) is 4.54. The van der Waals surface area contributed by atoms with E-state index in [1.54, 1.807) is 0 Å². The third-order valence-electron chi connectivity index (χ3n) is 6.00. The lowest BCUT2D eigenvalue weighted by molar-refractivity contribution is -0.274. The Bertz CT molecular complexity index is 795. The summed E-state index contributed by atoms with van der Waals surface area (Å²) in [5, 5.41) is 3.69. The van der Waals surface area contributed by atoms with Crippen LogP contribution in [-0.4, -0.2) is 20.0 Å². The van der Waals surface area contributed by atoms with Gasteiger partial charge < -0.3 is 14.8 Å². The van der Waals surface area contributed by atoms with Crippen LogP contribution in [-0.2, 0) is 6.42 Å². The molecule has 170 valence electrons. The molecule has 2 atom stereocenters. The van der Waals surface area contributed by atoms with Crippen molar-refractivity contribution in [2.45, 2.75) is 63.8 Å². The number of nitrogens with one attached hydrogen (secondary N) is 1. The SMILES string of the molecule is COc1ccc(OC(F)(F)F)cc1CCCCCCC1CCCNC1c1ccccc1. The van der Waals surface area contributed by atoms with Gasteiger partial charge in [-0.2, -0.15) is 0 Å². The van der Waals surface area contributed by atoms with Crippen LogP contribution in [0.3, 0.4) is 0 Å². The van der Waals surface area contributed by atoms with Gasteiger partial charge in [-0.15, -0.1) is 13.2 Å². The molecule has 0 amide bonds. The average molecular weight is 436 g/mol. The zero-order chi connectivity index (χ0) is 22.1. The molecule has 1 heterocycles. The normalized spacial score (nSPS) is 19.2. The molecule has 3 nitrogen and oxygen atoms in total. The molecule has 2 aromatic rings. The molecule has 0 bridgehead atoms. The molecule has 0 radical (unpaired) electrons. The second kappa shape index (κ2) is 11.4. The van der Waals surface area contributed by atoms with E-state index in [0.29, 0.717) is 24.1 Å². The van der Waals surface area contributed by atoms with Gasteiger partial charge >= 0.3 is 6.36 Å². The zero-order valence-corrected chi connectivity index (χ0v) is 18.1. The van der Waals surface area contributed by atoms with Crippen LogP contribution in [0.5, 0.6) is 11.5 Å². The van der Waals surface area contributed by atoms with E-state index in [4.69, 9.17) is 4.74 Å². The highest BCUT2D eigenvalue weighted by Gasteiger charge is 2.31. The Kier molecular flexibility index (Phi) is 8.64. The van der Waals surface area contributed by atoms with Crippen LogP contribution < -0.4 is 14.8 Å². The summed E-state index contributed by atoms with van der Waals surface area (Å²) in [4.78, 5) is 0. The third-order valence-corrected chi connectivity index (χ3v) is 6.00. The summed E-state index contributed by atoms with van der Waals surface area (Å²) in [5.41, 5.74) is 2.13. The third kappa shape index (κ3) is 7.46. The van der Waals surface area contributed by atoms with Crippen molar-refractivity contribution in [1.29, 1.82) is 0 Å². The number of alkyl halides is 3. The number of benzene rings is 2. The summed E-state index contributed by atoms with van der Waals surface area (Å²) in [6, 6.07) is 15.4. The molecule has 6 heteroatoms. The van der Waals surface area contributed by atoms with Gasteiger partial charge in [-0.3, -0.25) is 0 Å². The maximum Gasteiger partial charge on any atom is 0.573 e. The van der Waals surface area contributed by atoms with Gasteiger partial charge in [0.2, 0.25) is 0 Å². The van der Waals surface area contributed by atoms with Gasteiger partial charge in [0.1, 0.15) is 11.5 Å².